The fourth-order valence-electron chi connectivity index (χ4n) is 8.21. The second-order valence-corrected chi connectivity index (χ2v) is 14.1. The Labute approximate surface area is 317 Å². The molecule has 2 aromatic heterocycles. The summed E-state index contributed by atoms with van der Waals surface area (Å²) >= 11 is 0. The molecule has 0 spiro atoms. The smallest absolute Gasteiger partial charge is 0.160 e. The van der Waals surface area contributed by atoms with Crippen LogP contribution in [0.5, 0.6) is 0 Å². The van der Waals surface area contributed by atoms with E-state index in [0.29, 0.717) is 0 Å². The zero-order chi connectivity index (χ0) is 36.3. The maximum absolute atomic E-state index is 6.99. The van der Waals surface area contributed by atoms with Crippen LogP contribution in [0.3, 0.4) is 0 Å². The predicted octanol–water partition coefficient (Wildman–Crippen LogP) is 15.1. The van der Waals surface area contributed by atoms with Crippen molar-refractivity contribution in [3.8, 4) is 33.4 Å². The third kappa shape index (κ3) is 5.20. The van der Waals surface area contributed by atoms with Crippen LogP contribution in [-0.2, 0) is 0 Å². The van der Waals surface area contributed by atoms with Gasteiger partial charge in [-0.05, 0) is 87.1 Å². The maximum Gasteiger partial charge on any atom is 0.160 e. The van der Waals surface area contributed by atoms with Crippen LogP contribution in [0.1, 0.15) is 0 Å². The first-order valence-corrected chi connectivity index (χ1v) is 18.7. The number of hydrogen-bond donors (Lipinski definition) is 0. The number of rotatable bonds is 6. The fraction of sp³-hybridized carbons (Fsp3) is 0. The molecule has 3 heteroatoms. The molecule has 0 atom stereocenters. The van der Waals surface area contributed by atoms with Gasteiger partial charge in [0.2, 0.25) is 0 Å². The molecule has 0 fully saturated rings. The number of anilines is 3. The molecule has 55 heavy (non-hydrogen) atoms. The van der Waals surface area contributed by atoms with Crippen LogP contribution in [0.2, 0.25) is 0 Å². The predicted molar refractivity (Wildman–Crippen MR) is 229 cm³/mol. The lowest BCUT2D eigenvalue weighted by Gasteiger charge is -2.26. The highest BCUT2D eigenvalue weighted by molar-refractivity contribution is 6.19. The summed E-state index contributed by atoms with van der Waals surface area (Å²) < 4.78 is 13.4. The average Bonchev–Trinajstić information content (AvgIpc) is 3.83. The van der Waals surface area contributed by atoms with Crippen LogP contribution in [0.15, 0.2) is 209 Å². The summed E-state index contributed by atoms with van der Waals surface area (Å²) in [5, 5.41) is 6.79. The van der Waals surface area contributed by atoms with Gasteiger partial charge in [0.1, 0.15) is 16.7 Å². The highest BCUT2D eigenvalue weighted by Gasteiger charge is 2.23. The molecule has 9 aromatic carbocycles. The van der Waals surface area contributed by atoms with E-state index in [1.807, 2.05) is 12.1 Å². The molecule has 0 radical (unpaired) electrons. The van der Waals surface area contributed by atoms with E-state index >= 15 is 0 Å². The Morgan fingerprint density at radius 2 is 0.891 bits per heavy atom. The topological polar surface area (TPSA) is 29.5 Å². The van der Waals surface area contributed by atoms with E-state index in [1.165, 1.54) is 16.5 Å². The second kappa shape index (κ2) is 12.6. The molecular weight excluding hydrogens is 671 g/mol. The standard InChI is InChI=1S/C52H33NO2/c1-3-12-34(13-4-1)35-22-26-40(27-23-35)53(41-28-24-37(25-29-41)43-19-11-20-45-44-18-9-10-21-48(44)54-51(43)45)47-31-30-42(36-14-5-2-6-15-36)50-46-32-38-16-7-8-17-39(38)33-49(46)55-52(47)50/h1-33H. The van der Waals surface area contributed by atoms with Gasteiger partial charge < -0.3 is 13.7 Å². The normalized spacial score (nSPS) is 11.6. The van der Waals surface area contributed by atoms with Crippen LogP contribution < -0.4 is 4.90 Å². The molecule has 11 aromatic rings. The van der Waals surface area contributed by atoms with Crippen LogP contribution in [-0.4, -0.2) is 0 Å². The van der Waals surface area contributed by atoms with Crippen molar-refractivity contribution in [1.29, 1.82) is 0 Å². The lowest BCUT2D eigenvalue weighted by Crippen LogP contribution is -2.10. The fourth-order valence-corrected chi connectivity index (χ4v) is 8.21. The van der Waals surface area contributed by atoms with Crippen LogP contribution in [0.4, 0.5) is 17.1 Å². The summed E-state index contributed by atoms with van der Waals surface area (Å²) in [6.07, 6.45) is 0. The molecule has 0 saturated carbocycles. The lowest BCUT2D eigenvalue weighted by atomic mass is 9.97. The Morgan fingerprint density at radius 3 is 1.64 bits per heavy atom. The van der Waals surface area contributed by atoms with Crippen molar-refractivity contribution in [2.45, 2.75) is 0 Å². The van der Waals surface area contributed by atoms with Gasteiger partial charge in [0.15, 0.2) is 5.58 Å². The Balaban J connectivity index is 1.12. The van der Waals surface area contributed by atoms with E-state index < -0.39 is 0 Å². The maximum atomic E-state index is 6.99. The summed E-state index contributed by atoms with van der Waals surface area (Å²) in [6, 6.07) is 70.8. The number of para-hydroxylation sites is 2. The van der Waals surface area contributed by atoms with Gasteiger partial charge in [-0.2, -0.15) is 0 Å². The SMILES string of the molecule is c1ccc(-c2ccc(N(c3ccc(-c4cccc5c4oc4ccccc45)cc3)c3ccc(-c4ccccc4)c4c3oc3cc5ccccc5cc34)cc2)cc1. The Bertz CT molecular complexity index is 3180. The van der Waals surface area contributed by atoms with Crippen LogP contribution >= 0.6 is 0 Å². The molecular formula is C52H33NO2. The molecule has 0 unspecified atom stereocenters. The van der Waals surface area contributed by atoms with Crippen molar-refractivity contribution in [2.24, 2.45) is 0 Å². The van der Waals surface area contributed by atoms with Crippen molar-refractivity contribution in [2.75, 3.05) is 4.90 Å². The molecule has 0 aliphatic heterocycles. The number of hydrogen-bond acceptors (Lipinski definition) is 3. The Kier molecular flexibility index (Phi) is 7.17. The second-order valence-electron chi connectivity index (χ2n) is 14.1. The third-order valence-electron chi connectivity index (χ3n) is 10.9. The van der Waals surface area contributed by atoms with Crippen molar-refractivity contribution in [1.82, 2.24) is 0 Å². The average molecular weight is 704 g/mol. The van der Waals surface area contributed by atoms with E-state index in [9.17, 15) is 0 Å². The summed E-state index contributed by atoms with van der Waals surface area (Å²) in [4.78, 5) is 2.32. The summed E-state index contributed by atoms with van der Waals surface area (Å²) in [6.45, 7) is 0. The first kappa shape index (κ1) is 31.2. The molecule has 0 amide bonds. The van der Waals surface area contributed by atoms with Crippen molar-refractivity contribution >= 4 is 71.7 Å². The van der Waals surface area contributed by atoms with Crippen molar-refractivity contribution < 1.29 is 8.83 Å². The minimum absolute atomic E-state index is 0.843. The molecule has 0 saturated heterocycles. The molecule has 258 valence electrons. The van der Waals surface area contributed by atoms with Crippen molar-refractivity contribution in [3.05, 3.63) is 200 Å². The van der Waals surface area contributed by atoms with Gasteiger partial charge in [0, 0.05) is 38.5 Å². The van der Waals surface area contributed by atoms with Gasteiger partial charge in [0.05, 0.1) is 5.69 Å². The van der Waals surface area contributed by atoms with Gasteiger partial charge in [-0.1, -0.05) is 152 Å². The quantitative estimate of drug-likeness (QED) is 0.173. The Morgan fingerprint density at radius 1 is 0.327 bits per heavy atom. The first-order valence-electron chi connectivity index (χ1n) is 18.7. The van der Waals surface area contributed by atoms with E-state index in [-0.39, 0.29) is 0 Å². The monoisotopic (exact) mass is 703 g/mol. The number of fused-ring (bicyclic) bond motifs is 7. The molecule has 11 rings (SSSR count). The lowest BCUT2D eigenvalue weighted by molar-refractivity contribution is 0.669. The number of benzene rings is 9. The summed E-state index contributed by atoms with van der Waals surface area (Å²) in [5.41, 5.74) is 13.3. The first-order chi connectivity index (χ1) is 27.3. The molecule has 3 nitrogen and oxygen atoms in total. The highest BCUT2D eigenvalue weighted by atomic mass is 16.3. The third-order valence-corrected chi connectivity index (χ3v) is 10.9. The molecule has 2 heterocycles. The minimum atomic E-state index is 0.843. The van der Waals surface area contributed by atoms with Crippen molar-refractivity contribution in [3.63, 3.8) is 0 Å². The number of nitrogens with zero attached hydrogens (tertiary/aromatic N) is 1. The van der Waals surface area contributed by atoms with Crippen LogP contribution in [0, 0.1) is 0 Å². The zero-order valence-electron chi connectivity index (χ0n) is 29.8. The van der Waals surface area contributed by atoms with Gasteiger partial charge >= 0.3 is 0 Å². The van der Waals surface area contributed by atoms with Gasteiger partial charge in [-0.25, -0.2) is 0 Å². The number of furan rings is 2. The highest BCUT2D eigenvalue weighted by Crippen LogP contribution is 2.47. The van der Waals surface area contributed by atoms with E-state index in [2.05, 4.69) is 193 Å². The van der Waals surface area contributed by atoms with Crippen LogP contribution in [0.25, 0.3) is 88.0 Å². The molecule has 0 N–H and O–H groups in total. The minimum Gasteiger partial charge on any atom is -0.455 e. The molecule has 0 bridgehead atoms. The summed E-state index contributed by atoms with van der Waals surface area (Å²) in [7, 11) is 0. The van der Waals surface area contributed by atoms with Gasteiger partial charge in [-0.15, -0.1) is 0 Å². The summed E-state index contributed by atoms with van der Waals surface area (Å²) in [5.74, 6) is 0. The largest absolute Gasteiger partial charge is 0.455 e. The van der Waals surface area contributed by atoms with E-state index in [1.54, 1.807) is 0 Å². The zero-order valence-corrected chi connectivity index (χ0v) is 29.8. The molecule has 0 aliphatic carbocycles. The van der Waals surface area contributed by atoms with E-state index in [0.717, 1.165) is 88.6 Å². The Hall–Kier alpha value is -7.36. The van der Waals surface area contributed by atoms with Gasteiger partial charge in [-0.3, -0.25) is 0 Å². The van der Waals surface area contributed by atoms with E-state index in [4.69, 9.17) is 8.83 Å². The van der Waals surface area contributed by atoms with Gasteiger partial charge in [0.25, 0.3) is 0 Å². The molecule has 0 aliphatic rings.